The molecule has 1 aliphatic heterocycles. The minimum absolute atomic E-state index is 0.0458. The second-order valence-corrected chi connectivity index (χ2v) is 5.56. The highest BCUT2D eigenvalue weighted by atomic mass is 16.3. The van der Waals surface area contributed by atoms with E-state index in [1.165, 1.54) is 0 Å². The number of benzene rings is 1. The normalized spacial score (nSPS) is 15.0. The van der Waals surface area contributed by atoms with Crippen LogP contribution in [0.1, 0.15) is 31.6 Å². The Balaban J connectivity index is 2.16. The molecule has 1 aliphatic rings. The third kappa shape index (κ3) is 2.49. The SMILES string of the molecule is Cc1ccc2c(c1)N(C(C)C)C(=O)CC(c1ccco1)=N2. The van der Waals surface area contributed by atoms with E-state index in [1.807, 2.05) is 56.0 Å². The number of hydrogen-bond acceptors (Lipinski definition) is 3. The Bertz CT molecular complexity index is 700. The van der Waals surface area contributed by atoms with Crippen molar-refractivity contribution in [2.75, 3.05) is 4.90 Å². The Kier molecular flexibility index (Phi) is 3.37. The Morgan fingerprint density at radius 2 is 2.10 bits per heavy atom. The van der Waals surface area contributed by atoms with Crippen molar-refractivity contribution in [2.45, 2.75) is 33.2 Å². The average molecular weight is 282 g/mol. The quantitative estimate of drug-likeness (QED) is 0.839. The molecule has 21 heavy (non-hydrogen) atoms. The number of aryl methyl sites for hydroxylation is 1. The Hall–Kier alpha value is -2.36. The van der Waals surface area contributed by atoms with Gasteiger partial charge in [-0.15, -0.1) is 0 Å². The van der Waals surface area contributed by atoms with Gasteiger partial charge in [0, 0.05) is 6.04 Å². The van der Waals surface area contributed by atoms with Crippen LogP contribution in [-0.4, -0.2) is 17.7 Å². The number of nitrogens with zero attached hydrogens (tertiary/aromatic N) is 2. The van der Waals surface area contributed by atoms with E-state index >= 15 is 0 Å². The first-order chi connectivity index (χ1) is 10.1. The molecule has 0 fully saturated rings. The molecule has 0 radical (unpaired) electrons. The predicted molar refractivity (Wildman–Crippen MR) is 83.3 cm³/mol. The van der Waals surface area contributed by atoms with Crippen LogP contribution < -0.4 is 4.90 Å². The molecule has 0 bridgehead atoms. The standard InChI is InChI=1S/C17H18N2O2/c1-11(2)19-15-9-12(3)6-7-13(15)18-14(10-17(19)20)16-5-4-8-21-16/h4-9,11H,10H2,1-3H3. The van der Waals surface area contributed by atoms with Crippen molar-refractivity contribution in [2.24, 2.45) is 4.99 Å². The van der Waals surface area contributed by atoms with Crippen molar-refractivity contribution in [3.8, 4) is 0 Å². The van der Waals surface area contributed by atoms with Gasteiger partial charge in [-0.2, -0.15) is 0 Å². The van der Waals surface area contributed by atoms with Gasteiger partial charge in [0.05, 0.1) is 29.8 Å². The van der Waals surface area contributed by atoms with E-state index in [0.717, 1.165) is 16.9 Å². The van der Waals surface area contributed by atoms with Gasteiger partial charge < -0.3 is 9.32 Å². The molecular weight excluding hydrogens is 264 g/mol. The summed E-state index contributed by atoms with van der Waals surface area (Å²) in [7, 11) is 0. The van der Waals surface area contributed by atoms with Crippen LogP contribution in [0.25, 0.3) is 0 Å². The molecule has 0 unspecified atom stereocenters. The largest absolute Gasteiger partial charge is 0.463 e. The highest BCUT2D eigenvalue weighted by molar-refractivity contribution is 6.16. The van der Waals surface area contributed by atoms with E-state index in [4.69, 9.17) is 4.42 Å². The number of rotatable bonds is 2. The van der Waals surface area contributed by atoms with Crippen molar-refractivity contribution in [3.63, 3.8) is 0 Å². The Morgan fingerprint density at radius 1 is 1.29 bits per heavy atom. The monoisotopic (exact) mass is 282 g/mol. The second-order valence-electron chi connectivity index (χ2n) is 5.56. The third-order valence-electron chi connectivity index (χ3n) is 3.56. The summed E-state index contributed by atoms with van der Waals surface area (Å²) in [6.07, 6.45) is 1.85. The number of amides is 1. The maximum Gasteiger partial charge on any atom is 0.233 e. The molecular formula is C17H18N2O2. The lowest BCUT2D eigenvalue weighted by atomic mass is 10.1. The molecule has 4 nitrogen and oxygen atoms in total. The van der Waals surface area contributed by atoms with Crippen LogP contribution in [0.3, 0.4) is 0 Å². The summed E-state index contributed by atoms with van der Waals surface area (Å²) in [5, 5.41) is 0. The molecule has 2 heterocycles. The lowest BCUT2D eigenvalue weighted by Crippen LogP contribution is -2.37. The van der Waals surface area contributed by atoms with Crippen LogP contribution in [0, 0.1) is 6.92 Å². The fourth-order valence-electron chi connectivity index (χ4n) is 2.62. The van der Waals surface area contributed by atoms with Crippen LogP contribution in [0.15, 0.2) is 46.0 Å². The maximum atomic E-state index is 12.6. The van der Waals surface area contributed by atoms with E-state index in [2.05, 4.69) is 4.99 Å². The molecule has 4 heteroatoms. The van der Waals surface area contributed by atoms with Crippen molar-refractivity contribution in [1.29, 1.82) is 0 Å². The first kappa shape index (κ1) is 13.6. The number of furan rings is 1. The van der Waals surface area contributed by atoms with E-state index in [9.17, 15) is 4.79 Å². The van der Waals surface area contributed by atoms with E-state index in [-0.39, 0.29) is 18.4 Å². The molecule has 0 saturated carbocycles. The Morgan fingerprint density at radius 3 is 2.76 bits per heavy atom. The van der Waals surface area contributed by atoms with Gasteiger partial charge in [-0.25, -0.2) is 4.99 Å². The van der Waals surface area contributed by atoms with Crippen molar-refractivity contribution >= 4 is 23.0 Å². The minimum Gasteiger partial charge on any atom is -0.463 e. The van der Waals surface area contributed by atoms with E-state index in [1.54, 1.807) is 6.26 Å². The van der Waals surface area contributed by atoms with Crippen molar-refractivity contribution in [3.05, 3.63) is 47.9 Å². The summed E-state index contributed by atoms with van der Waals surface area (Å²) >= 11 is 0. The van der Waals surface area contributed by atoms with Crippen LogP contribution in [-0.2, 0) is 4.79 Å². The summed E-state index contributed by atoms with van der Waals surface area (Å²) in [6.45, 7) is 6.05. The molecule has 108 valence electrons. The number of fused-ring (bicyclic) bond motifs is 1. The zero-order valence-electron chi connectivity index (χ0n) is 12.5. The molecule has 0 N–H and O–H groups in total. The van der Waals surface area contributed by atoms with Gasteiger partial charge >= 0.3 is 0 Å². The number of aliphatic imine (C=N–C) groups is 1. The smallest absolute Gasteiger partial charge is 0.233 e. The number of hydrogen-bond donors (Lipinski definition) is 0. The van der Waals surface area contributed by atoms with Gasteiger partial charge in [0.2, 0.25) is 5.91 Å². The minimum atomic E-state index is 0.0458. The fourth-order valence-corrected chi connectivity index (χ4v) is 2.62. The van der Waals surface area contributed by atoms with Crippen LogP contribution in [0.2, 0.25) is 0 Å². The molecule has 1 aromatic carbocycles. The highest BCUT2D eigenvalue weighted by Gasteiger charge is 2.27. The lowest BCUT2D eigenvalue weighted by molar-refractivity contribution is -0.117. The highest BCUT2D eigenvalue weighted by Crippen LogP contribution is 2.35. The van der Waals surface area contributed by atoms with Crippen molar-refractivity contribution < 1.29 is 9.21 Å². The summed E-state index contributed by atoms with van der Waals surface area (Å²) in [4.78, 5) is 19.1. The molecule has 2 aromatic rings. The van der Waals surface area contributed by atoms with Crippen LogP contribution in [0.4, 0.5) is 11.4 Å². The second kappa shape index (κ2) is 5.20. The van der Waals surface area contributed by atoms with E-state index < -0.39 is 0 Å². The first-order valence-corrected chi connectivity index (χ1v) is 7.10. The number of anilines is 1. The first-order valence-electron chi connectivity index (χ1n) is 7.10. The molecule has 1 aromatic heterocycles. The maximum absolute atomic E-state index is 12.6. The number of carbonyl (C=O) groups is 1. The lowest BCUT2D eigenvalue weighted by Gasteiger charge is -2.26. The summed E-state index contributed by atoms with van der Waals surface area (Å²) in [6, 6.07) is 9.72. The zero-order chi connectivity index (χ0) is 15.0. The Labute approximate surface area is 124 Å². The van der Waals surface area contributed by atoms with Gasteiger partial charge in [-0.3, -0.25) is 4.79 Å². The number of carbonyl (C=O) groups excluding carboxylic acids is 1. The molecule has 1 amide bonds. The summed E-state index contributed by atoms with van der Waals surface area (Å²) < 4.78 is 5.41. The zero-order valence-corrected chi connectivity index (χ0v) is 12.5. The topological polar surface area (TPSA) is 45.8 Å². The fraction of sp³-hybridized carbons (Fsp3) is 0.294. The summed E-state index contributed by atoms with van der Waals surface area (Å²) in [5.41, 5.74) is 3.48. The molecule has 0 atom stereocenters. The van der Waals surface area contributed by atoms with Crippen molar-refractivity contribution in [1.82, 2.24) is 0 Å². The van der Waals surface area contributed by atoms with Gasteiger partial charge in [0.15, 0.2) is 0 Å². The van der Waals surface area contributed by atoms with Gasteiger partial charge in [-0.05, 0) is 50.6 Å². The average Bonchev–Trinajstić information content (AvgIpc) is 2.90. The molecule has 0 saturated heterocycles. The predicted octanol–water partition coefficient (Wildman–Crippen LogP) is 3.85. The van der Waals surface area contributed by atoms with Gasteiger partial charge in [-0.1, -0.05) is 6.07 Å². The molecule has 3 rings (SSSR count). The molecule has 0 aliphatic carbocycles. The van der Waals surface area contributed by atoms with Gasteiger partial charge in [0.25, 0.3) is 0 Å². The van der Waals surface area contributed by atoms with Crippen LogP contribution >= 0.6 is 0 Å². The van der Waals surface area contributed by atoms with Crippen LogP contribution in [0.5, 0.6) is 0 Å². The van der Waals surface area contributed by atoms with Gasteiger partial charge in [0.1, 0.15) is 5.76 Å². The summed E-state index contributed by atoms with van der Waals surface area (Å²) in [5.74, 6) is 0.699. The molecule has 0 spiro atoms. The third-order valence-corrected chi connectivity index (χ3v) is 3.56. The van der Waals surface area contributed by atoms with E-state index in [0.29, 0.717) is 11.5 Å².